The highest BCUT2D eigenvalue weighted by atomic mass is 14.3. The van der Waals surface area contributed by atoms with E-state index in [0.717, 1.165) is 6.42 Å². The Labute approximate surface area is 163 Å². The van der Waals surface area contributed by atoms with Crippen molar-refractivity contribution in [3.8, 4) is 0 Å². The van der Waals surface area contributed by atoms with E-state index in [-0.39, 0.29) is 7.43 Å². The van der Waals surface area contributed by atoms with Crippen molar-refractivity contribution in [3.05, 3.63) is 95.2 Å². The number of rotatable bonds is 4. The summed E-state index contributed by atoms with van der Waals surface area (Å²) in [4.78, 5) is 0. The maximum Gasteiger partial charge on any atom is 0.00726 e. The molecule has 0 N–H and O–H groups in total. The molecule has 1 unspecified atom stereocenters. The molecule has 2 rings (SSSR count). The zero-order valence-corrected chi connectivity index (χ0v) is 17.3. The topological polar surface area (TPSA) is 0 Å². The molecule has 0 nitrogen and oxygen atoms in total. The second-order valence-electron chi connectivity index (χ2n) is 5.40. The highest BCUT2D eigenvalue weighted by Crippen LogP contribution is 2.44. The Balaban J connectivity index is 0. The van der Waals surface area contributed by atoms with E-state index >= 15 is 0 Å². The fourth-order valence-electron chi connectivity index (χ4n) is 3.09. The number of fused-ring (bicyclic) bond motifs is 1. The van der Waals surface area contributed by atoms with Crippen LogP contribution in [0, 0.1) is 5.92 Å². The molecular weight excluding hydrogens is 312 g/mol. The van der Waals surface area contributed by atoms with Crippen LogP contribution < -0.4 is 0 Å². The van der Waals surface area contributed by atoms with Gasteiger partial charge in [-0.25, -0.2) is 0 Å². The molecule has 0 heterocycles. The van der Waals surface area contributed by atoms with Gasteiger partial charge < -0.3 is 0 Å². The zero-order chi connectivity index (χ0) is 19.2. The van der Waals surface area contributed by atoms with Crippen molar-refractivity contribution in [2.45, 2.75) is 62.3 Å². The minimum Gasteiger partial charge on any atom is -0.0991 e. The lowest BCUT2D eigenvalue weighted by molar-refractivity contribution is 0.847. The van der Waals surface area contributed by atoms with Gasteiger partial charge in [0.25, 0.3) is 0 Å². The Kier molecular flexibility index (Phi) is 15.3. The van der Waals surface area contributed by atoms with Crippen LogP contribution in [0.15, 0.2) is 95.2 Å². The van der Waals surface area contributed by atoms with Crippen LogP contribution in [0.3, 0.4) is 0 Å². The van der Waals surface area contributed by atoms with Gasteiger partial charge in [0.05, 0.1) is 0 Å². The maximum atomic E-state index is 3.70. The largest absolute Gasteiger partial charge is 0.0991 e. The summed E-state index contributed by atoms with van der Waals surface area (Å²) in [5.41, 5.74) is 7.14. The van der Waals surface area contributed by atoms with E-state index in [9.17, 15) is 0 Å². The van der Waals surface area contributed by atoms with Crippen molar-refractivity contribution < 1.29 is 0 Å². The Morgan fingerprint density at radius 1 is 1.00 bits per heavy atom. The van der Waals surface area contributed by atoms with E-state index in [1.807, 2.05) is 39.8 Å². The molecule has 144 valence electrons. The fourth-order valence-corrected chi connectivity index (χ4v) is 3.09. The first kappa shape index (κ1) is 26.2. The van der Waals surface area contributed by atoms with Crippen LogP contribution in [-0.4, -0.2) is 0 Å². The molecule has 0 aromatic carbocycles. The molecule has 0 saturated carbocycles. The summed E-state index contributed by atoms with van der Waals surface area (Å²) in [6, 6.07) is 0. The lowest BCUT2D eigenvalue weighted by atomic mass is 9.90. The highest BCUT2D eigenvalue weighted by molar-refractivity contribution is 5.64. The van der Waals surface area contributed by atoms with Crippen LogP contribution in [0.25, 0.3) is 0 Å². The molecule has 0 aliphatic heterocycles. The minimum absolute atomic E-state index is 0. The summed E-state index contributed by atoms with van der Waals surface area (Å²) in [5, 5.41) is 0. The SMILES string of the molecule is C.C=C/C=C\C=C/C1=C(C)C2=C/C=C\C=C/C(CC)=C\2C1C.CC.CC. The van der Waals surface area contributed by atoms with Crippen LogP contribution in [0.1, 0.15) is 62.3 Å². The first-order chi connectivity index (χ1) is 12.2. The third-order valence-corrected chi connectivity index (χ3v) is 4.17. The summed E-state index contributed by atoms with van der Waals surface area (Å²) in [7, 11) is 0. The third kappa shape index (κ3) is 6.67. The van der Waals surface area contributed by atoms with Gasteiger partial charge in [0.15, 0.2) is 0 Å². The van der Waals surface area contributed by atoms with Gasteiger partial charge in [-0.3, -0.25) is 0 Å². The molecule has 0 aromatic rings. The van der Waals surface area contributed by atoms with Crippen molar-refractivity contribution in [1.82, 2.24) is 0 Å². The minimum atomic E-state index is 0. The summed E-state index contributed by atoms with van der Waals surface area (Å²) < 4.78 is 0. The molecule has 0 bridgehead atoms. The van der Waals surface area contributed by atoms with E-state index in [1.165, 1.54) is 27.9 Å². The van der Waals surface area contributed by atoms with Crippen LogP contribution in [0.5, 0.6) is 0 Å². The number of hydrogen-bond donors (Lipinski definition) is 0. The molecular formula is C26H40. The first-order valence-electron chi connectivity index (χ1n) is 9.66. The molecule has 1 atom stereocenters. The molecule has 0 heteroatoms. The van der Waals surface area contributed by atoms with E-state index < -0.39 is 0 Å². The summed E-state index contributed by atoms with van der Waals surface area (Å²) in [6.45, 7) is 18.5. The first-order valence-corrected chi connectivity index (χ1v) is 9.66. The maximum absolute atomic E-state index is 3.70. The molecule has 0 spiro atoms. The van der Waals surface area contributed by atoms with Gasteiger partial charge in [0.1, 0.15) is 0 Å². The van der Waals surface area contributed by atoms with Crippen molar-refractivity contribution in [3.63, 3.8) is 0 Å². The highest BCUT2D eigenvalue weighted by Gasteiger charge is 2.28. The van der Waals surface area contributed by atoms with E-state index in [2.05, 4.69) is 69.9 Å². The van der Waals surface area contributed by atoms with Gasteiger partial charge in [-0.15, -0.1) is 0 Å². The van der Waals surface area contributed by atoms with Crippen molar-refractivity contribution in [1.29, 1.82) is 0 Å². The molecule has 0 aromatic heterocycles. The lowest BCUT2D eigenvalue weighted by Gasteiger charge is -2.15. The van der Waals surface area contributed by atoms with Gasteiger partial charge in [-0.1, -0.05) is 116 Å². The van der Waals surface area contributed by atoms with E-state index in [0.29, 0.717) is 5.92 Å². The molecule has 2 aliphatic carbocycles. The van der Waals surface area contributed by atoms with Gasteiger partial charge >= 0.3 is 0 Å². The average molecular weight is 353 g/mol. The van der Waals surface area contributed by atoms with Crippen molar-refractivity contribution >= 4 is 0 Å². The van der Waals surface area contributed by atoms with Gasteiger partial charge in [-0.2, -0.15) is 0 Å². The quantitative estimate of drug-likeness (QED) is 0.444. The van der Waals surface area contributed by atoms with Crippen LogP contribution in [0.2, 0.25) is 0 Å². The lowest BCUT2D eigenvalue weighted by Crippen LogP contribution is -2.00. The second kappa shape index (κ2) is 15.2. The molecule has 2 aliphatic rings. The van der Waals surface area contributed by atoms with Crippen molar-refractivity contribution in [2.75, 3.05) is 0 Å². The smallest absolute Gasteiger partial charge is 0.00726 e. The second-order valence-corrected chi connectivity index (χ2v) is 5.40. The van der Waals surface area contributed by atoms with Gasteiger partial charge in [0.2, 0.25) is 0 Å². The molecule has 0 fully saturated rings. The third-order valence-electron chi connectivity index (χ3n) is 4.17. The van der Waals surface area contributed by atoms with Crippen LogP contribution >= 0.6 is 0 Å². The fraction of sp³-hybridized carbons (Fsp3) is 0.385. The Hall–Kier alpha value is -2.08. The van der Waals surface area contributed by atoms with E-state index in [1.54, 1.807) is 6.08 Å². The Morgan fingerprint density at radius 2 is 1.65 bits per heavy atom. The van der Waals surface area contributed by atoms with Crippen LogP contribution in [-0.2, 0) is 0 Å². The van der Waals surface area contributed by atoms with Crippen molar-refractivity contribution in [2.24, 2.45) is 5.92 Å². The summed E-state index contributed by atoms with van der Waals surface area (Å²) >= 11 is 0. The van der Waals surface area contributed by atoms with Crippen LogP contribution in [0.4, 0.5) is 0 Å². The standard InChI is InChI=1S/C21H24.2C2H6.CH4/c1-5-7-8-11-14-19-16(3)20-15-12-9-10-13-18(6-2)21(20)17(19)4;2*1-2;/h5,7-15,17H,1,6H2,2-4H3;2*1-2H3;1H4/b8-7-,10-9?,12-9-,13-10-,14-11-,15-12?,18-13?,20-15-,21-18-;;;. The van der Waals surface area contributed by atoms with Gasteiger partial charge in [-0.05, 0) is 41.2 Å². The predicted molar refractivity (Wildman–Crippen MR) is 123 cm³/mol. The Bertz CT molecular complexity index is 625. The summed E-state index contributed by atoms with van der Waals surface area (Å²) in [5.74, 6) is 0.454. The molecule has 0 saturated heterocycles. The van der Waals surface area contributed by atoms with E-state index in [4.69, 9.17) is 0 Å². The normalized spacial score (nSPS) is 25.5. The summed E-state index contributed by atoms with van der Waals surface area (Å²) in [6.07, 6.45) is 22.1. The predicted octanol–water partition coefficient (Wildman–Crippen LogP) is 8.70. The zero-order valence-electron chi connectivity index (χ0n) is 17.3. The average Bonchev–Trinajstić information content (AvgIpc) is 2.86. The number of allylic oxidation sites excluding steroid dienone is 15. The molecule has 0 radical (unpaired) electrons. The monoisotopic (exact) mass is 352 g/mol. The number of hydrogen-bond acceptors (Lipinski definition) is 0. The van der Waals surface area contributed by atoms with Gasteiger partial charge in [0, 0.05) is 5.92 Å². The molecule has 0 amide bonds. The Morgan fingerprint density at radius 3 is 2.23 bits per heavy atom. The molecule has 26 heavy (non-hydrogen) atoms.